The SMILES string of the molecule is COc1nc(N)nc2c1ncn2[C@@H]1O[C@H](CO[P@@](=O)(NC(C)C(=O)O)Oc2ccccc2)[C@@H](O)[C@@]1(C)F. The molecule has 3 heterocycles. The van der Waals surface area contributed by atoms with Gasteiger partial charge in [0.15, 0.2) is 23.1 Å². The van der Waals surface area contributed by atoms with Crippen molar-refractivity contribution in [2.75, 3.05) is 19.5 Å². The van der Waals surface area contributed by atoms with Crippen molar-refractivity contribution in [1.29, 1.82) is 0 Å². The number of aliphatic hydroxyl groups excluding tert-OH is 1. The standard InChI is InChI=1S/C21H26FN6O8P/c1-11(18(30)31)27-37(32,36-12-7-5-4-6-8-12)34-9-13-15(29)21(2,22)19(35-13)28-10-24-14-16(28)25-20(23)26-17(14)33-3/h4-8,10-11,13,15,19,29H,9H2,1-3H3,(H,27,32)(H,30,31)(H2,23,25,26)/t11?,13-,15-,19-,21-,37+/m1/s1. The van der Waals surface area contributed by atoms with Crippen LogP contribution >= 0.6 is 7.75 Å². The number of rotatable bonds is 10. The summed E-state index contributed by atoms with van der Waals surface area (Å²) in [5, 5.41) is 22.3. The molecule has 0 amide bonds. The Balaban J connectivity index is 1.58. The zero-order valence-corrected chi connectivity index (χ0v) is 20.9. The molecular formula is C21H26FN6O8P. The highest BCUT2D eigenvalue weighted by Gasteiger charge is 2.56. The van der Waals surface area contributed by atoms with Crippen LogP contribution in [0.25, 0.3) is 11.2 Å². The summed E-state index contributed by atoms with van der Waals surface area (Å²) < 4.78 is 52.2. The van der Waals surface area contributed by atoms with Crippen LogP contribution in [0.4, 0.5) is 10.3 Å². The number of aromatic nitrogens is 4. The van der Waals surface area contributed by atoms with Gasteiger partial charge in [0.1, 0.15) is 24.0 Å². The number of carboxylic acid groups (broad SMARTS) is 1. The van der Waals surface area contributed by atoms with Crippen LogP contribution in [0.2, 0.25) is 0 Å². The average Bonchev–Trinajstić information content (AvgIpc) is 3.35. The van der Waals surface area contributed by atoms with E-state index in [1.54, 1.807) is 18.2 Å². The van der Waals surface area contributed by atoms with Gasteiger partial charge in [-0.05, 0) is 26.0 Å². The number of alkyl halides is 1. The molecule has 0 radical (unpaired) electrons. The van der Waals surface area contributed by atoms with Crippen molar-refractivity contribution in [1.82, 2.24) is 24.6 Å². The fraction of sp³-hybridized carbons (Fsp3) is 0.429. The fourth-order valence-corrected chi connectivity index (χ4v) is 5.25. The number of nitrogens with two attached hydrogens (primary N) is 1. The smallest absolute Gasteiger partial charge is 0.459 e. The van der Waals surface area contributed by atoms with Gasteiger partial charge in [-0.15, -0.1) is 0 Å². The summed E-state index contributed by atoms with van der Waals surface area (Å²) in [5.41, 5.74) is 3.63. The van der Waals surface area contributed by atoms with Gasteiger partial charge in [0.25, 0.3) is 0 Å². The van der Waals surface area contributed by atoms with E-state index in [4.69, 9.17) is 24.3 Å². The maximum atomic E-state index is 15.8. The molecular weight excluding hydrogens is 514 g/mol. The topological polar surface area (TPSA) is 193 Å². The summed E-state index contributed by atoms with van der Waals surface area (Å²) in [6.45, 7) is 1.74. The number of aliphatic carboxylic acids is 1. The number of nitrogens with one attached hydrogen (secondary N) is 1. The minimum atomic E-state index is -4.33. The maximum Gasteiger partial charge on any atom is 0.459 e. The van der Waals surface area contributed by atoms with Gasteiger partial charge in [-0.25, -0.2) is 13.9 Å². The van der Waals surface area contributed by atoms with Crippen molar-refractivity contribution in [3.63, 3.8) is 0 Å². The van der Waals surface area contributed by atoms with E-state index in [1.807, 2.05) is 0 Å². The zero-order valence-electron chi connectivity index (χ0n) is 20.0. The van der Waals surface area contributed by atoms with Crippen molar-refractivity contribution >= 4 is 30.8 Å². The van der Waals surface area contributed by atoms with Gasteiger partial charge >= 0.3 is 13.7 Å². The monoisotopic (exact) mass is 540 g/mol. The molecule has 1 fully saturated rings. The molecule has 16 heteroatoms. The molecule has 1 aromatic carbocycles. The Morgan fingerprint density at radius 2 is 2.08 bits per heavy atom. The second-order valence-electron chi connectivity index (χ2n) is 8.42. The number of methoxy groups -OCH3 is 1. The first-order valence-electron chi connectivity index (χ1n) is 11.0. The molecule has 37 heavy (non-hydrogen) atoms. The Hall–Kier alpha value is -3.36. The third kappa shape index (κ3) is 5.36. The maximum absolute atomic E-state index is 15.8. The number of halogens is 1. The minimum Gasteiger partial charge on any atom is -0.480 e. The molecule has 4 rings (SSSR count). The zero-order chi connectivity index (χ0) is 27.0. The fourth-order valence-electron chi connectivity index (χ4n) is 3.75. The second kappa shape index (κ2) is 10.2. The van der Waals surface area contributed by atoms with Crippen molar-refractivity contribution in [3.8, 4) is 11.6 Å². The quantitative estimate of drug-likeness (QED) is 0.272. The lowest BCUT2D eigenvalue weighted by Gasteiger charge is -2.25. The number of ether oxygens (including phenoxy) is 2. The highest BCUT2D eigenvalue weighted by Crippen LogP contribution is 2.48. The predicted molar refractivity (Wildman–Crippen MR) is 127 cm³/mol. The van der Waals surface area contributed by atoms with Crippen LogP contribution in [0.1, 0.15) is 20.1 Å². The Morgan fingerprint density at radius 1 is 1.38 bits per heavy atom. The lowest BCUT2D eigenvalue weighted by atomic mass is 9.98. The normalized spacial score (nSPS) is 26.0. The molecule has 1 saturated heterocycles. The molecule has 0 saturated carbocycles. The van der Waals surface area contributed by atoms with Gasteiger partial charge in [0.2, 0.25) is 11.8 Å². The lowest BCUT2D eigenvalue weighted by molar-refractivity contribution is -0.138. The number of para-hydroxylation sites is 1. The molecule has 14 nitrogen and oxygen atoms in total. The Morgan fingerprint density at radius 3 is 2.73 bits per heavy atom. The summed E-state index contributed by atoms with van der Waals surface area (Å²) in [6, 6.07) is 6.59. The lowest BCUT2D eigenvalue weighted by Crippen LogP contribution is -2.41. The number of hydrogen-bond acceptors (Lipinski definition) is 11. The summed E-state index contributed by atoms with van der Waals surface area (Å²) in [6.07, 6.45) is -3.30. The number of carbonyl (C=O) groups is 1. The van der Waals surface area contributed by atoms with Gasteiger partial charge in [-0.2, -0.15) is 15.1 Å². The first kappa shape index (κ1) is 26.7. The van der Waals surface area contributed by atoms with Crippen molar-refractivity contribution < 1.29 is 42.5 Å². The summed E-state index contributed by atoms with van der Waals surface area (Å²) in [7, 11) is -2.97. The third-order valence-electron chi connectivity index (χ3n) is 5.67. The number of benzene rings is 1. The summed E-state index contributed by atoms with van der Waals surface area (Å²) in [4.78, 5) is 23.5. The molecule has 0 aliphatic carbocycles. The number of anilines is 1. The molecule has 0 bridgehead atoms. The number of carboxylic acids is 1. The summed E-state index contributed by atoms with van der Waals surface area (Å²) >= 11 is 0. The van der Waals surface area contributed by atoms with E-state index in [2.05, 4.69) is 20.0 Å². The van der Waals surface area contributed by atoms with Crippen LogP contribution < -0.4 is 20.1 Å². The average molecular weight is 540 g/mol. The Kier molecular flexibility index (Phi) is 7.35. The molecule has 6 atom stereocenters. The van der Waals surface area contributed by atoms with Crippen LogP contribution in [0.3, 0.4) is 0 Å². The molecule has 5 N–H and O–H groups in total. The molecule has 2 aromatic heterocycles. The van der Waals surface area contributed by atoms with E-state index in [0.29, 0.717) is 0 Å². The van der Waals surface area contributed by atoms with Crippen LogP contribution in [-0.4, -0.2) is 73.3 Å². The van der Waals surface area contributed by atoms with Crippen LogP contribution in [0.15, 0.2) is 36.7 Å². The first-order chi connectivity index (χ1) is 17.4. The van der Waals surface area contributed by atoms with Crippen LogP contribution in [-0.2, 0) is 18.6 Å². The van der Waals surface area contributed by atoms with Crippen molar-refractivity contribution in [3.05, 3.63) is 36.7 Å². The van der Waals surface area contributed by atoms with Gasteiger partial charge in [-0.1, -0.05) is 18.2 Å². The third-order valence-corrected chi connectivity index (χ3v) is 7.31. The number of hydrogen-bond donors (Lipinski definition) is 4. The van der Waals surface area contributed by atoms with Crippen molar-refractivity contribution in [2.45, 2.75) is 44.0 Å². The van der Waals surface area contributed by atoms with Gasteiger partial charge in [-0.3, -0.25) is 13.9 Å². The highest BCUT2D eigenvalue weighted by molar-refractivity contribution is 7.52. The van der Waals surface area contributed by atoms with Crippen molar-refractivity contribution in [2.24, 2.45) is 0 Å². The molecule has 1 aliphatic heterocycles. The van der Waals surface area contributed by atoms with E-state index < -0.39 is 50.5 Å². The number of nitrogens with zero attached hydrogens (tertiary/aromatic N) is 4. The molecule has 0 spiro atoms. The number of fused-ring (bicyclic) bond motifs is 1. The Labute approximate surface area is 210 Å². The number of aliphatic hydroxyl groups is 1. The largest absolute Gasteiger partial charge is 0.480 e. The number of imidazole rings is 1. The second-order valence-corrected chi connectivity index (χ2v) is 10.1. The van der Waals surface area contributed by atoms with Gasteiger partial charge in [0, 0.05) is 0 Å². The van der Waals surface area contributed by atoms with E-state index >= 15 is 4.39 Å². The van der Waals surface area contributed by atoms with E-state index in [9.17, 15) is 19.6 Å². The van der Waals surface area contributed by atoms with Crippen LogP contribution in [0, 0.1) is 0 Å². The van der Waals surface area contributed by atoms with E-state index in [1.165, 1.54) is 37.1 Å². The van der Waals surface area contributed by atoms with E-state index in [-0.39, 0.29) is 28.7 Å². The predicted octanol–water partition coefficient (Wildman–Crippen LogP) is 1.67. The highest BCUT2D eigenvalue weighted by atomic mass is 31.2. The van der Waals surface area contributed by atoms with E-state index in [0.717, 1.165) is 6.92 Å². The summed E-state index contributed by atoms with van der Waals surface area (Å²) in [5.74, 6) is -1.26. The number of nitrogen functional groups attached to an aromatic ring is 1. The molecule has 1 aliphatic rings. The molecule has 200 valence electrons. The first-order valence-corrected chi connectivity index (χ1v) is 12.6. The van der Waals surface area contributed by atoms with Gasteiger partial charge < -0.3 is 29.9 Å². The van der Waals surface area contributed by atoms with Crippen LogP contribution in [0.5, 0.6) is 11.6 Å². The Bertz CT molecular complexity index is 1330. The minimum absolute atomic E-state index is 0.0675. The molecule has 3 aromatic rings. The molecule has 1 unspecified atom stereocenters. The van der Waals surface area contributed by atoms with Gasteiger partial charge in [0.05, 0.1) is 20.0 Å².